The topological polar surface area (TPSA) is 51.2 Å². The number of hydrogen-bond acceptors (Lipinski definition) is 3. The molecule has 0 fully saturated rings. The van der Waals surface area contributed by atoms with Gasteiger partial charge in [-0.15, -0.1) is 0 Å². The zero-order valence-corrected chi connectivity index (χ0v) is 15.3. The predicted octanol–water partition coefficient (Wildman–Crippen LogP) is 4.52. The Hall–Kier alpha value is -3.66. The average molecular weight is 368 g/mol. The van der Waals surface area contributed by atoms with Crippen molar-refractivity contribution in [1.82, 2.24) is 10.3 Å². The number of fused-ring (bicyclic) bond motifs is 1. The van der Waals surface area contributed by atoms with Gasteiger partial charge in [0.05, 0.1) is 11.7 Å². The van der Waals surface area contributed by atoms with E-state index in [1.807, 2.05) is 91.0 Å². The molecule has 0 unspecified atom stereocenters. The summed E-state index contributed by atoms with van der Waals surface area (Å²) in [6.07, 6.45) is 1.73. The van der Waals surface area contributed by atoms with Gasteiger partial charge >= 0.3 is 0 Å². The molecule has 4 heteroatoms. The molecule has 138 valence electrons. The van der Waals surface area contributed by atoms with Crippen molar-refractivity contribution in [2.45, 2.75) is 6.04 Å². The quantitative estimate of drug-likeness (QED) is 0.544. The Morgan fingerprint density at radius 1 is 0.857 bits per heavy atom. The van der Waals surface area contributed by atoms with Gasteiger partial charge in [-0.25, -0.2) is 0 Å². The van der Waals surface area contributed by atoms with Gasteiger partial charge in [-0.2, -0.15) is 0 Å². The van der Waals surface area contributed by atoms with Crippen molar-refractivity contribution in [2.75, 3.05) is 6.61 Å². The zero-order chi connectivity index (χ0) is 19.2. The van der Waals surface area contributed by atoms with Crippen LogP contribution in [0.2, 0.25) is 0 Å². The molecule has 4 nitrogen and oxygen atoms in total. The lowest BCUT2D eigenvalue weighted by Gasteiger charge is -2.19. The van der Waals surface area contributed by atoms with E-state index in [4.69, 9.17) is 4.74 Å². The van der Waals surface area contributed by atoms with Crippen LogP contribution >= 0.6 is 0 Å². The van der Waals surface area contributed by atoms with Crippen LogP contribution in [0.15, 0.2) is 97.2 Å². The van der Waals surface area contributed by atoms with E-state index in [0.29, 0.717) is 5.75 Å². The summed E-state index contributed by atoms with van der Waals surface area (Å²) < 4.78 is 5.72. The lowest BCUT2D eigenvalue weighted by molar-refractivity contribution is -0.123. The highest BCUT2D eigenvalue weighted by Gasteiger charge is 2.18. The number of nitrogens with one attached hydrogen (secondary N) is 1. The summed E-state index contributed by atoms with van der Waals surface area (Å²) in [6.45, 7) is -0.0610. The summed E-state index contributed by atoms with van der Waals surface area (Å²) in [7, 11) is 0. The molecule has 3 aromatic carbocycles. The Kier molecular flexibility index (Phi) is 5.29. The molecule has 0 spiro atoms. The van der Waals surface area contributed by atoms with E-state index in [9.17, 15) is 4.79 Å². The monoisotopic (exact) mass is 368 g/mol. The zero-order valence-electron chi connectivity index (χ0n) is 15.3. The third-order valence-electron chi connectivity index (χ3n) is 4.51. The summed E-state index contributed by atoms with van der Waals surface area (Å²) in [5, 5.41) is 5.25. The van der Waals surface area contributed by atoms with Gasteiger partial charge < -0.3 is 10.1 Å². The Labute approximate surface area is 163 Å². The van der Waals surface area contributed by atoms with E-state index in [2.05, 4.69) is 10.3 Å². The van der Waals surface area contributed by atoms with E-state index >= 15 is 0 Å². The van der Waals surface area contributed by atoms with Gasteiger partial charge in [0.25, 0.3) is 5.91 Å². The normalized spacial score (nSPS) is 11.7. The van der Waals surface area contributed by atoms with Crippen LogP contribution in [-0.4, -0.2) is 17.5 Å². The van der Waals surface area contributed by atoms with E-state index in [1.54, 1.807) is 6.20 Å². The van der Waals surface area contributed by atoms with Crippen molar-refractivity contribution < 1.29 is 9.53 Å². The van der Waals surface area contributed by atoms with Gasteiger partial charge in [0, 0.05) is 6.20 Å². The highest BCUT2D eigenvalue weighted by molar-refractivity contribution is 5.84. The molecular weight excluding hydrogens is 348 g/mol. The van der Waals surface area contributed by atoms with Crippen LogP contribution in [0.25, 0.3) is 10.8 Å². The van der Waals surface area contributed by atoms with Crippen molar-refractivity contribution in [3.05, 3.63) is 108 Å². The number of hydrogen-bond donors (Lipinski definition) is 1. The highest BCUT2D eigenvalue weighted by atomic mass is 16.5. The van der Waals surface area contributed by atoms with Gasteiger partial charge in [-0.3, -0.25) is 9.78 Å². The maximum atomic E-state index is 12.6. The first kappa shape index (κ1) is 17.7. The first-order chi connectivity index (χ1) is 13.8. The van der Waals surface area contributed by atoms with Crippen molar-refractivity contribution in [3.63, 3.8) is 0 Å². The lowest BCUT2D eigenvalue weighted by atomic mass is 10.0. The number of amides is 1. The smallest absolute Gasteiger partial charge is 0.258 e. The second kappa shape index (κ2) is 8.35. The fourth-order valence-electron chi connectivity index (χ4n) is 3.13. The molecule has 1 atom stereocenters. The first-order valence-corrected chi connectivity index (χ1v) is 9.16. The summed E-state index contributed by atoms with van der Waals surface area (Å²) >= 11 is 0. The van der Waals surface area contributed by atoms with Crippen molar-refractivity contribution in [3.8, 4) is 5.75 Å². The number of benzene rings is 3. The Morgan fingerprint density at radius 2 is 1.61 bits per heavy atom. The SMILES string of the molecule is O=C(COc1ccc2ccccc2c1)N[C@H](c1ccccc1)c1ccccn1. The van der Waals surface area contributed by atoms with Crippen molar-refractivity contribution in [1.29, 1.82) is 0 Å². The molecule has 0 aliphatic heterocycles. The van der Waals surface area contributed by atoms with Crippen molar-refractivity contribution in [2.24, 2.45) is 0 Å². The molecule has 4 rings (SSSR count). The summed E-state index contributed by atoms with van der Waals surface area (Å²) in [5.74, 6) is 0.468. The maximum absolute atomic E-state index is 12.6. The number of ether oxygens (including phenoxy) is 1. The lowest BCUT2D eigenvalue weighted by Crippen LogP contribution is -2.33. The molecule has 1 aromatic heterocycles. The van der Waals surface area contributed by atoms with Gasteiger partial charge in [0.1, 0.15) is 5.75 Å². The molecule has 28 heavy (non-hydrogen) atoms. The number of pyridine rings is 1. The highest BCUT2D eigenvalue weighted by Crippen LogP contribution is 2.22. The molecule has 0 bridgehead atoms. The molecule has 4 aromatic rings. The molecule has 1 heterocycles. The number of carbonyl (C=O) groups is 1. The third kappa shape index (κ3) is 4.18. The van der Waals surface area contributed by atoms with Crippen molar-refractivity contribution >= 4 is 16.7 Å². The van der Waals surface area contributed by atoms with Crippen LogP contribution < -0.4 is 10.1 Å². The number of carbonyl (C=O) groups excluding carboxylic acids is 1. The molecule has 0 aliphatic carbocycles. The van der Waals surface area contributed by atoms with Crippen LogP contribution in [0, 0.1) is 0 Å². The number of nitrogens with zero attached hydrogens (tertiary/aromatic N) is 1. The number of aromatic nitrogens is 1. The Bertz CT molecular complexity index is 1030. The third-order valence-corrected chi connectivity index (χ3v) is 4.51. The summed E-state index contributed by atoms with van der Waals surface area (Å²) in [6, 6.07) is 29.0. The fourth-order valence-corrected chi connectivity index (χ4v) is 3.13. The fraction of sp³-hybridized carbons (Fsp3) is 0.0833. The van der Waals surface area contributed by atoms with Gasteiger partial charge in [-0.05, 0) is 40.6 Å². The molecule has 1 N–H and O–H groups in total. The molecule has 1 amide bonds. The van der Waals surface area contributed by atoms with Crippen LogP contribution in [0.3, 0.4) is 0 Å². The number of rotatable bonds is 6. The van der Waals surface area contributed by atoms with Crippen LogP contribution in [0.1, 0.15) is 17.3 Å². The van der Waals surface area contributed by atoms with E-state index in [1.165, 1.54) is 0 Å². The molecule has 0 radical (unpaired) electrons. The second-order valence-corrected chi connectivity index (χ2v) is 6.46. The molecule has 0 aliphatic rings. The minimum atomic E-state index is -0.324. The maximum Gasteiger partial charge on any atom is 0.258 e. The van der Waals surface area contributed by atoms with E-state index in [-0.39, 0.29) is 18.6 Å². The second-order valence-electron chi connectivity index (χ2n) is 6.46. The van der Waals surface area contributed by atoms with Gasteiger partial charge in [0.15, 0.2) is 6.61 Å². The Balaban J connectivity index is 1.47. The van der Waals surface area contributed by atoms with Crippen LogP contribution in [0.5, 0.6) is 5.75 Å². The van der Waals surface area contributed by atoms with Gasteiger partial charge in [0.2, 0.25) is 0 Å². The predicted molar refractivity (Wildman–Crippen MR) is 110 cm³/mol. The average Bonchev–Trinajstić information content (AvgIpc) is 2.77. The molecule has 0 saturated carbocycles. The summed E-state index contributed by atoms with van der Waals surface area (Å²) in [5.41, 5.74) is 1.76. The van der Waals surface area contributed by atoms with E-state index < -0.39 is 0 Å². The minimum Gasteiger partial charge on any atom is -0.484 e. The minimum absolute atomic E-state index is 0.0610. The standard InChI is InChI=1S/C24H20N2O2/c27-23(17-28-21-14-13-18-8-4-5-11-20(18)16-21)26-24(19-9-2-1-3-10-19)22-12-6-7-15-25-22/h1-16,24H,17H2,(H,26,27)/t24-/m1/s1. The van der Waals surface area contributed by atoms with E-state index in [0.717, 1.165) is 22.0 Å². The largest absolute Gasteiger partial charge is 0.484 e. The Morgan fingerprint density at radius 3 is 2.39 bits per heavy atom. The first-order valence-electron chi connectivity index (χ1n) is 9.16. The van der Waals surface area contributed by atoms with Gasteiger partial charge in [-0.1, -0.05) is 66.7 Å². The summed E-state index contributed by atoms with van der Waals surface area (Å²) in [4.78, 5) is 17.0. The molecule has 0 saturated heterocycles. The van der Waals surface area contributed by atoms with Crippen LogP contribution in [0.4, 0.5) is 0 Å². The van der Waals surface area contributed by atoms with Crippen LogP contribution in [-0.2, 0) is 4.79 Å². The molecular formula is C24H20N2O2.